The monoisotopic (exact) mass is 442 g/mol. The van der Waals surface area contributed by atoms with Crippen LogP contribution in [0.25, 0.3) is 0 Å². The van der Waals surface area contributed by atoms with E-state index in [9.17, 15) is 13.2 Å². The van der Waals surface area contributed by atoms with Gasteiger partial charge in [-0.3, -0.25) is 4.79 Å². The topological polar surface area (TPSA) is 66.5 Å². The molecule has 0 bridgehead atoms. The molecule has 0 atom stereocenters. The summed E-state index contributed by atoms with van der Waals surface area (Å²) in [6, 6.07) is 4.60. The van der Waals surface area contributed by atoms with Crippen LogP contribution in [-0.4, -0.2) is 38.3 Å². The summed E-state index contributed by atoms with van der Waals surface area (Å²) in [5.74, 6) is -0.259. The first-order valence-electron chi connectivity index (χ1n) is 9.16. The van der Waals surface area contributed by atoms with E-state index in [-0.39, 0.29) is 10.8 Å². The molecule has 1 aromatic rings. The fourth-order valence-corrected chi connectivity index (χ4v) is 5.03. The molecule has 0 aromatic heterocycles. The minimum absolute atomic E-state index is 0.143. The molecule has 0 unspecified atom stereocenters. The summed E-state index contributed by atoms with van der Waals surface area (Å²) in [5.41, 5.74) is 1.74. The Morgan fingerprint density at radius 1 is 1.23 bits per heavy atom. The lowest BCUT2D eigenvalue weighted by Gasteiger charge is -2.19. The molecule has 0 saturated heterocycles. The molecule has 1 N–H and O–H groups in total. The SMILES string of the molecule is CCN(CC)S(=O)(=O)c1ccc(Br)c(C(=O)NCCC2=CCCCC2)c1. The van der Waals surface area contributed by atoms with Crippen LogP contribution in [0.3, 0.4) is 0 Å². The highest BCUT2D eigenvalue weighted by Crippen LogP contribution is 2.24. The number of hydrogen-bond acceptors (Lipinski definition) is 3. The van der Waals surface area contributed by atoms with Gasteiger partial charge in [-0.05, 0) is 66.2 Å². The lowest BCUT2D eigenvalue weighted by Crippen LogP contribution is -2.31. The van der Waals surface area contributed by atoms with Gasteiger partial charge in [-0.25, -0.2) is 8.42 Å². The van der Waals surface area contributed by atoms with Gasteiger partial charge in [0.1, 0.15) is 0 Å². The number of sulfonamides is 1. The van der Waals surface area contributed by atoms with Gasteiger partial charge < -0.3 is 5.32 Å². The smallest absolute Gasteiger partial charge is 0.252 e. The zero-order valence-corrected chi connectivity index (χ0v) is 17.8. The predicted octanol–water partition coefficient (Wildman–Crippen LogP) is 4.10. The van der Waals surface area contributed by atoms with Crippen molar-refractivity contribution in [3.8, 4) is 0 Å². The van der Waals surface area contributed by atoms with Crippen molar-refractivity contribution in [3.63, 3.8) is 0 Å². The minimum atomic E-state index is -3.59. The van der Waals surface area contributed by atoms with Crippen LogP contribution in [0.1, 0.15) is 56.3 Å². The average Bonchev–Trinajstić information content (AvgIpc) is 2.63. The number of carbonyl (C=O) groups excluding carboxylic acids is 1. The summed E-state index contributed by atoms with van der Waals surface area (Å²) >= 11 is 3.36. The molecule has 0 spiro atoms. The third kappa shape index (κ3) is 5.18. The lowest BCUT2D eigenvalue weighted by molar-refractivity contribution is 0.0953. The number of allylic oxidation sites excluding steroid dienone is 1. The number of carbonyl (C=O) groups is 1. The molecule has 1 aliphatic carbocycles. The van der Waals surface area contributed by atoms with E-state index < -0.39 is 10.0 Å². The number of nitrogens with one attached hydrogen (secondary N) is 1. The summed E-state index contributed by atoms with van der Waals surface area (Å²) in [7, 11) is -3.59. The summed E-state index contributed by atoms with van der Waals surface area (Å²) in [4.78, 5) is 12.7. The molecule has 0 saturated carbocycles. The first kappa shape index (κ1) is 21.1. The molecular formula is C19H27BrN2O3S. The van der Waals surface area contributed by atoms with E-state index in [1.165, 1.54) is 34.9 Å². The summed E-state index contributed by atoms with van der Waals surface area (Å²) in [6.45, 7) is 4.95. The van der Waals surface area contributed by atoms with Gasteiger partial charge in [0.25, 0.3) is 5.91 Å². The normalized spacial score (nSPS) is 15.0. The second-order valence-corrected chi connectivity index (χ2v) is 9.14. The first-order chi connectivity index (χ1) is 12.4. The Bertz CT molecular complexity index is 771. The molecule has 0 heterocycles. The van der Waals surface area contributed by atoms with E-state index in [1.54, 1.807) is 19.9 Å². The number of hydrogen-bond donors (Lipinski definition) is 1. The largest absolute Gasteiger partial charge is 0.352 e. The average molecular weight is 443 g/mol. The molecular weight excluding hydrogens is 416 g/mol. The molecule has 1 aromatic carbocycles. The highest BCUT2D eigenvalue weighted by molar-refractivity contribution is 9.10. The van der Waals surface area contributed by atoms with Gasteiger partial charge in [0.05, 0.1) is 10.5 Å². The van der Waals surface area contributed by atoms with E-state index in [4.69, 9.17) is 0 Å². The first-order valence-corrected chi connectivity index (χ1v) is 11.4. The quantitative estimate of drug-likeness (QED) is 0.616. The van der Waals surface area contributed by atoms with Crippen LogP contribution in [0.4, 0.5) is 0 Å². The molecule has 144 valence electrons. The highest BCUT2D eigenvalue weighted by atomic mass is 79.9. The van der Waals surface area contributed by atoms with Crippen molar-refractivity contribution >= 4 is 31.9 Å². The fraction of sp³-hybridized carbons (Fsp3) is 0.526. The Labute approximate surface area is 165 Å². The Balaban J connectivity index is 2.11. The van der Waals surface area contributed by atoms with Crippen LogP contribution < -0.4 is 5.32 Å². The molecule has 7 heteroatoms. The molecule has 5 nitrogen and oxygen atoms in total. The van der Waals surface area contributed by atoms with Crippen molar-refractivity contribution in [2.75, 3.05) is 19.6 Å². The predicted molar refractivity (Wildman–Crippen MR) is 108 cm³/mol. The number of benzene rings is 1. The third-order valence-electron chi connectivity index (χ3n) is 4.64. The maximum absolute atomic E-state index is 12.7. The Morgan fingerprint density at radius 3 is 2.58 bits per heavy atom. The van der Waals surface area contributed by atoms with E-state index in [2.05, 4.69) is 27.3 Å². The standard InChI is InChI=1S/C19H27BrN2O3S/c1-3-22(4-2)26(24,25)16-10-11-18(20)17(14-16)19(23)21-13-12-15-8-6-5-7-9-15/h8,10-11,14H,3-7,9,12-13H2,1-2H3,(H,21,23). The van der Waals surface area contributed by atoms with E-state index in [1.807, 2.05) is 0 Å². The number of nitrogens with zero attached hydrogens (tertiary/aromatic N) is 1. The third-order valence-corrected chi connectivity index (χ3v) is 7.38. The number of halogens is 1. The molecule has 0 aliphatic heterocycles. The van der Waals surface area contributed by atoms with Crippen LogP contribution >= 0.6 is 15.9 Å². The summed E-state index contributed by atoms with van der Waals surface area (Å²) < 4.78 is 27.3. The van der Waals surface area contributed by atoms with Crippen LogP contribution in [0, 0.1) is 0 Å². The molecule has 1 amide bonds. The van der Waals surface area contributed by atoms with Gasteiger partial charge in [-0.2, -0.15) is 4.31 Å². The van der Waals surface area contributed by atoms with E-state index in [0.29, 0.717) is 29.7 Å². The van der Waals surface area contributed by atoms with Gasteiger partial charge in [-0.1, -0.05) is 25.5 Å². The van der Waals surface area contributed by atoms with Crippen molar-refractivity contribution in [2.24, 2.45) is 0 Å². The molecule has 1 aliphatic rings. The molecule has 0 fully saturated rings. The Kier molecular flexibility index (Phi) is 7.85. The van der Waals surface area contributed by atoms with Crippen LogP contribution in [0.5, 0.6) is 0 Å². The van der Waals surface area contributed by atoms with Crippen molar-refractivity contribution < 1.29 is 13.2 Å². The van der Waals surface area contributed by atoms with E-state index >= 15 is 0 Å². The lowest BCUT2D eigenvalue weighted by atomic mass is 9.97. The van der Waals surface area contributed by atoms with Gasteiger partial charge in [0.2, 0.25) is 10.0 Å². The highest BCUT2D eigenvalue weighted by Gasteiger charge is 2.23. The number of rotatable bonds is 8. The van der Waals surface area contributed by atoms with Gasteiger partial charge in [0.15, 0.2) is 0 Å². The zero-order chi connectivity index (χ0) is 19.2. The molecule has 0 radical (unpaired) electrons. The van der Waals surface area contributed by atoms with Crippen molar-refractivity contribution in [3.05, 3.63) is 39.9 Å². The maximum Gasteiger partial charge on any atom is 0.252 e. The van der Waals surface area contributed by atoms with Crippen molar-refractivity contribution in [1.82, 2.24) is 9.62 Å². The molecule has 26 heavy (non-hydrogen) atoms. The number of amides is 1. The van der Waals surface area contributed by atoms with Crippen LogP contribution in [0.2, 0.25) is 0 Å². The van der Waals surface area contributed by atoms with Crippen LogP contribution in [-0.2, 0) is 10.0 Å². The summed E-state index contributed by atoms with van der Waals surface area (Å²) in [5, 5.41) is 2.90. The van der Waals surface area contributed by atoms with Crippen molar-refractivity contribution in [2.45, 2.75) is 50.8 Å². The fourth-order valence-electron chi connectivity index (χ4n) is 3.11. The molecule has 2 rings (SSSR count). The van der Waals surface area contributed by atoms with Gasteiger partial charge >= 0.3 is 0 Å². The van der Waals surface area contributed by atoms with E-state index in [0.717, 1.165) is 19.3 Å². The Morgan fingerprint density at radius 2 is 1.96 bits per heavy atom. The van der Waals surface area contributed by atoms with Crippen molar-refractivity contribution in [1.29, 1.82) is 0 Å². The van der Waals surface area contributed by atoms with Gasteiger partial charge in [-0.15, -0.1) is 0 Å². The summed E-state index contributed by atoms with van der Waals surface area (Å²) in [6.07, 6.45) is 7.81. The maximum atomic E-state index is 12.7. The minimum Gasteiger partial charge on any atom is -0.352 e. The second-order valence-electron chi connectivity index (χ2n) is 6.35. The van der Waals surface area contributed by atoms with Gasteiger partial charge in [0, 0.05) is 24.1 Å². The Hall–Kier alpha value is -1.18. The van der Waals surface area contributed by atoms with Crippen LogP contribution in [0.15, 0.2) is 39.2 Å². The zero-order valence-electron chi connectivity index (χ0n) is 15.4. The second kappa shape index (κ2) is 9.67.